The molecule has 0 aliphatic carbocycles. The van der Waals surface area contributed by atoms with Crippen LogP contribution in [0.5, 0.6) is 0 Å². The zero-order valence-corrected chi connectivity index (χ0v) is 7.90. The summed E-state index contributed by atoms with van der Waals surface area (Å²) in [5, 5.41) is 2.67. The highest BCUT2D eigenvalue weighted by Gasteiger charge is 2.15. The first-order valence-electron chi connectivity index (χ1n) is 3.73. The second-order valence-corrected chi connectivity index (χ2v) is 3.23. The summed E-state index contributed by atoms with van der Waals surface area (Å²) in [7, 11) is 0. The van der Waals surface area contributed by atoms with Crippen LogP contribution in [0.3, 0.4) is 0 Å². The van der Waals surface area contributed by atoms with Crippen LogP contribution in [0, 0.1) is 5.92 Å². The number of carbonyl (C=O) groups is 1. The van der Waals surface area contributed by atoms with E-state index >= 15 is 0 Å². The molecule has 1 unspecified atom stereocenters. The van der Waals surface area contributed by atoms with Gasteiger partial charge in [-0.25, -0.2) is 0 Å². The summed E-state index contributed by atoms with van der Waals surface area (Å²) in [6.07, 6.45) is 0. The lowest BCUT2D eigenvalue weighted by Crippen LogP contribution is -2.44. The second-order valence-electron chi connectivity index (χ2n) is 2.78. The van der Waals surface area contributed by atoms with E-state index in [9.17, 15) is 4.79 Å². The van der Waals surface area contributed by atoms with Crippen molar-refractivity contribution >= 4 is 18.5 Å². The van der Waals surface area contributed by atoms with E-state index in [-0.39, 0.29) is 11.8 Å². The van der Waals surface area contributed by atoms with Crippen molar-refractivity contribution in [2.24, 2.45) is 11.7 Å². The molecule has 0 aliphatic rings. The number of thiol groups is 1. The lowest BCUT2D eigenvalue weighted by atomic mass is 10.1. The van der Waals surface area contributed by atoms with Gasteiger partial charge in [-0.3, -0.25) is 4.79 Å². The predicted octanol–water partition coefficient (Wildman–Crippen LogP) is 0.0157. The topological polar surface area (TPSA) is 55.1 Å². The molecule has 0 saturated heterocycles. The van der Waals surface area contributed by atoms with Crippen LogP contribution in [0.4, 0.5) is 0 Å². The molecule has 0 aromatic carbocycles. The zero-order valence-electron chi connectivity index (χ0n) is 7.00. The van der Waals surface area contributed by atoms with Crippen LogP contribution in [-0.4, -0.2) is 24.2 Å². The van der Waals surface area contributed by atoms with Crippen molar-refractivity contribution in [1.82, 2.24) is 5.32 Å². The van der Waals surface area contributed by atoms with Crippen molar-refractivity contribution in [2.45, 2.75) is 19.9 Å². The zero-order chi connectivity index (χ0) is 8.85. The Labute approximate surface area is 73.1 Å². The fraction of sp³-hybridized carbons (Fsp3) is 0.857. The monoisotopic (exact) mass is 176 g/mol. The van der Waals surface area contributed by atoms with Crippen molar-refractivity contribution in [2.75, 3.05) is 12.3 Å². The van der Waals surface area contributed by atoms with Gasteiger partial charge in [0, 0.05) is 12.3 Å². The average molecular weight is 176 g/mol. The van der Waals surface area contributed by atoms with Crippen molar-refractivity contribution in [1.29, 1.82) is 0 Å². The van der Waals surface area contributed by atoms with Gasteiger partial charge in [0.05, 0.1) is 6.04 Å². The third kappa shape index (κ3) is 4.27. The Kier molecular flexibility index (Phi) is 5.32. The fourth-order valence-corrected chi connectivity index (χ4v) is 0.712. The Balaban J connectivity index is 3.64. The largest absolute Gasteiger partial charge is 0.354 e. The summed E-state index contributed by atoms with van der Waals surface area (Å²) in [6, 6.07) is -0.394. The van der Waals surface area contributed by atoms with E-state index in [0.29, 0.717) is 12.3 Å². The Bertz CT molecular complexity index is 128. The molecule has 3 nitrogen and oxygen atoms in total. The Morgan fingerprint density at radius 2 is 2.18 bits per heavy atom. The van der Waals surface area contributed by atoms with Gasteiger partial charge in [0.1, 0.15) is 0 Å². The standard InChI is InChI=1S/C7H16N2OS/c1-5(2)6(8)7(10)9-3-4-11/h5-6,11H,3-4,8H2,1-2H3,(H,9,10). The molecule has 11 heavy (non-hydrogen) atoms. The highest BCUT2D eigenvalue weighted by molar-refractivity contribution is 7.80. The van der Waals surface area contributed by atoms with Crippen LogP contribution >= 0.6 is 12.6 Å². The molecule has 0 rings (SSSR count). The normalized spacial score (nSPS) is 13.2. The quantitative estimate of drug-likeness (QED) is 0.529. The maximum absolute atomic E-state index is 11.1. The third-order valence-corrected chi connectivity index (χ3v) is 1.66. The molecule has 66 valence electrons. The second kappa shape index (κ2) is 5.43. The van der Waals surface area contributed by atoms with Crippen molar-refractivity contribution in [3.8, 4) is 0 Å². The number of nitrogens with two attached hydrogens (primary N) is 1. The molecule has 0 fully saturated rings. The molecule has 3 N–H and O–H groups in total. The van der Waals surface area contributed by atoms with Gasteiger partial charge in [-0.15, -0.1) is 0 Å². The lowest BCUT2D eigenvalue weighted by molar-refractivity contribution is -0.123. The summed E-state index contributed by atoms with van der Waals surface area (Å²) in [6.45, 7) is 4.43. The molecule has 0 spiro atoms. The molecule has 0 bridgehead atoms. The molecule has 0 aliphatic heterocycles. The van der Waals surface area contributed by atoms with Crippen LogP contribution < -0.4 is 11.1 Å². The third-order valence-electron chi connectivity index (χ3n) is 1.43. The van der Waals surface area contributed by atoms with E-state index in [1.54, 1.807) is 0 Å². The van der Waals surface area contributed by atoms with Gasteiger partial charge in [0.15, 0.2) is 0 Å². The highest BCUT2D eigenvalue weighted by Crippen LogP contribution is 1.97. The summed E-state index contributed by atoms with van der Waals surface area (Å²) in [4.78, 5) is 11.1. The Morgan fingerprint density at radius 3 is 2.55 bits per heavy atom. The van der Waals surface area contributed by atoms with E-state index in [1.165, 1.54) is 0 Å². The molecule has 4 heteroatoms. The Hall–Kier alpha value is -0.220. The van der Waals surface area contributed by atoms with Crippen LogP contribution in [0.15, 0.2) is 0 Å². The number of hydrogen-bond acceptors (Lipinski definition) is 3. The van der Waals surface area contributed by atoms with E-state index in [1.807, 2.05) is 13.8 Å². The lowest BCUT2D eigenvalue weighted by Gasteiger charge is -2.14. The summed E-state index contributed by atoms with van der Waals surface area (Å²) in [5.74, 6) is 0.750. The van der Waals surface area contributed by atoms with E-state index in [0.717, 1.165) is 0 Å². The molecule has 1 atom stereocenters. The molecular weight excluding hydrogens is 160 g/mol. The van der Waals surface area contributed by atoms with Crippen molar-refractivity contribution in [3.05, 3.63) is 0 Å². The van der Waals surface area contributed by atoms with Gasteiger partial charge in [0.25, 0.3) is 0 Å². The number of hydrogen-bond donors (Lipinski definition) is 3. The first kappa shape index (κ1) is 10.8. The maximum Gasteiger partial charge on any atom is 0.237 e. The van der Waals surface area contributed by atoms with Gasteiger partial charge in [-0.2, -0.15) is 12.6 Å². The fourth-order valence-electron chi connectivity index (χ4n) is 0.600. The summed E-state index contributed by atoms with van der Waals surface area (Å²) >= 11 is 3.96. The molecule has 0 aromatic heterocycles. The summed E-state index contributed by atoms with van der Waals surface area (Å²) in [5.41, 5.74) is 5.56. The van der Waals surface area contributed by atoms with Crippen LogP contribution in [0.25, 0.3) is 0 Å². The van der Waals surface area contributed by atoms with E-state index in [4.69, 9.17) is 5.73 Å². The summed E-state index contributed by atoms with van der Waals surface area (Å²) < 4.78 is 0. The van der Waals surface area contributed by atoms with E-state index < -0.39 is 6.04 Å². The minimum atomic E-state index is -0.394. The van der Waals surface area contributed by atoms with Crippen LogP contribution in [0.2, 0.25) is 0 Å². The first-order chi connectivity index (χ1) is 5.09. The predicted molar refractivity (Wildman–Crippen MR) is 49.7 cm³/mol. The number of nitrogens with one attached hydrogen (secondary N) is 1. The molecule has 0 radical (unpaired) electrons. The first-order valence-corrected chi connectivity index (χ1v) is 4.37. The molecular formula is C7H16N2OS. The van der Waals surface area contributed by atoms with Gasteiger partial charge in [-0.05, 0) is 5.92 Å². The number of amides is 1. The maximum atomic E-state index is 11.1. The Morgan fingerprint density at radius 1 is 1.64 bits per heavy atom. The van der Waals surface area contributed by atoms with Crippen molar-refractivity contribution in [3.63, 3.8) is 0 Å². The van der Waals surface area contributed by atoms with Crippen LogP contribution in [-0.2, 0) is 4.79 Å². The minimum Gasteiger partial charge on any atom is -0.354 e. The van der Waals surface area contributed by atoms with Crippen molar-refractivity contribution < 1.29 is 4.79 Å². The number of rotatable bonds is 4. The smallest absolute Gasteiger partial charge is 0.237 e. The molecule has 0 aromatic rings. The molecule has 1 amide bonds. The molecule has 0 saturated carbocycles. The average Bonchev–Trinajstić information content (AvgIpc) is 1.98. The van der Waals surface area contributed by atoms with Gasteiger partial charge >= 0.3 is 0 Å². The van der Waals surface area contributed by atoms with Crippen LogP contribution in [0.1, 0.15) is 13.8 Å². The SMILES string of the molecule is CC(C)C(N)C(=O)NCCS. The van der Waals surface area contributed by atoms with Gasteiger partial charge < -0.3 is 11.1 Å². The molecule has 0 heterocycles. The van der Waals surface area contributed by atoms with Gasteiger partial charge in [0.2, 0.25) is 5.91 Å². The highest BCUT2D eigenvalue weighted by atomic mass is 32.1. The number of carbonyl (C=O) groups excluding carboxylic acids is 1. The van der Waals surface area contributed by atoms with E-state index in [2.05, 4.69) is 17.9 Å². The minimum absolute atomic E-state index is 0.0888. The van der Waals surface area contributed by atoms with Gasteiger partial charge in [-0.1, -0.05) is 13.8 Å².